The van der Waals surface area contributed by atoms with E-state index in [0.29, 0.717) is 13.2 Å². The molecule has 0 bridgehead atoms. The topological polar surface area (TPSA) is 47.6 Å². The summed E-state index contributed by atoms with van der Waals surface area (Å²) in [5, 5.41) is 3.21. The van der Waals surface area contributed by atoms with Crippen LogP contribution in [0, 0.1) is 0 Å². The molecule has 0 saturated heterocycles. The van der Waals surface area contributed by atoms with Gasteiger partial charge in [0.2, 0.25) is 0 Å². The Kier molecular flexibility index (Phi) is 10.0. The quantitative estimate of drug-likeness (QED) is 0.448. The predicted octanol–water partition coefficient (Wildman–Crippen LogP) is 0.956. The second-order valence-electron chi connectivity index (χ2n) is 2.96. The van der Waals surface area contributed by atoms with E-state index in [1.165, 1.54) is 12.8 Å². The van der Waals surface area contributed by atoms with Gasteiger partial charge in [-0.05, 0) is 19.9 Å². The molecule has 0 aromatic rings. The Morgan fingerprint density at radius 2 is 2.07 bits per heavy atom. The number of ether oxygens (including phenoxy) is 2. The molecule has 0 aliphatic heterocycles. The molecule has 0 atom stereocenters. The van der Waals surface area contributed by atoms with E-state index >= 15 is 0 Å². The molecular formula is C10H21NO3. The van der Waals surface area contributed by atoms with Gasteiger partial charge < -0.3 is 14.8 Å². The Morgan fingerprint density at radius 3 is 2.71 bits per heavy atom. The molecule has 84 valence electrons. The monoisotopic (exact) mass is 203 g/mol. The van der Waals surface area contributed by atoms with Crippen molar-refractivity contribution in [2.45, 2.75) is 26.7 Å². The van der Waals surface area contributed by atoms with Gasteiger partial charge in [0.15, 0.2) is 0 Å². The Balaban J connectivity index is 3.01. The Morgan fingerprint density at radius 1 is 1.29 bits per heavy atom. The fourth-order valence-corrected chi connectivity index (χ4v) is 0.929. The smallest absolute Gasteiger partial charge is 0.332 e. The summed E-state index contributed by atoms with van der Waals surface area (Å²) in [6, 6.07) is 0. The molecule has 0 aliphatic carbocycles. The van der Waals surface area contributed by atoms with Gasteiger partial charge in [-0.25, -0.2) is 4.79 Å². The van der Waals surface area contributed by atoms with Crippen LogP contribution in [0.3, 0.4) is 0 Å². The molecule has 0 fully saturated rings. The highest BCUT2D eigenvalue weighted by atomic mass is 16.6. The number of hydrogen-bond acceptors (Lipinski definition) is 4. The standard InChI is InChI=1S/C10H21NO3/c1-3-5-6-11-7-8-13-9-10(12)14-4-2/h11H,3-9H2,1-2H3. The lowest BCUT2D eigenvalue weighted by Crippen LogP contribution is -2.22. The second kappa shape index (κ2) is 10.5. The number of unbranched alkanes of at least 4 members (excludes halogenated alkanes) is 1. The normalized spacial score (nSPS) is 10.1. The molecule has 4 heteroatoms. The predicted molar refractivity (Wildman–Crippen MR) is 55.2 cm³/mol. The first-order chi connectivity index (χ1) is 6.81. The summed E-state index contributed by atoms with van der Waals surface area (Å²) in [5.74, 6) is -0.291. The Labute approximate surface area is 86.0 Å². The van der Waals surface area contributed by atoms with Crippen molar-refractivity contribution in [3.05, 3.63) is 0 Å². The van der Waals surface area contributed by atoms with E-state index in [2.05, 4.69) is 12.2 Å². The summed E-state index contributed by atoms with van der Waals surface area (Å²) in [6.07, 6.45) is 2.37. The van der Waals surface area contributed by atoms with Gasteiger partial charge in [-0.3, -0.25) is 0 Å². The molecule has 0 spiro atoms. The van der Waals surface area contributed by atoms with Gasteiger partial charge in [-0.2, -0.15) is 0 Å². The van der Waals surface area contributed by atoms with E-state index in [9.17, 15) is 4.79 Å². The summed E-state index contributed by atoms with van der Waals surface area (Å²) >= 11 is 0. The van der Waals surface area contributed by atoms with Crippen LogP contribution in [0.5, 0.6) is 0 Å². The van der Waals surface area contributed by atoms with Gasteiger partial charge in [-0.1, -0.05) is 13.3 Å². The fraction of sp³-hybridized carbons (Fsp3) is 0.900. The number of carbonyl (C=O) groups is 1. The maximum Gasteiger partial charge on any atom is 0.332 e. The van der Waals surface area contributed by atoms with Gasteiger partial charge in [0.25, 0.3) is 0 Å². The summed E-state index contributed by atoms with van der Waals surface area (Å²) in [7, 11) is 0. The number of esters is 1. The van der Waals surface area contributed by atoms with Crippen LogP contribution >= 0.6 is 0 Å². The third-order valence-corrected chi connectivity index (χ3v) is 1.66. The highest BCUT2D eigenvalue weighted by molar-refractivity contribution is 5.70. The van der Waals surface area contributed by atoms with Crippen LogP contribution < -0.4 is 5.32 Å². The van der Waals surface area contributed by atoms with Gasteiger partial charge in [0.05, 0.1) is 13.2 Å². The van der Waals surface area contributed by atoms with Crippen LogP contribution in [0.2, 0.25) is 0 Å². The van der Waals surface area contributed by atoms with E-state index in [4.69, 9.17) is 9.47 Å². The number of hydrogen-bond donors (Lipinski definition) is 1. The van der Waals surface area contributed by atoms with Crippen LogP contribution in [0.25, 0.3) is 0 Å². The van der Waals surface area contributed by atoms with Crippen LogP contribution in [0.15, 0.2) is 0 Å². The van der Waals surface area contributed by atoms with Gasteiger partial charge in [-0.15, -0.1) is 0 Å². The highest BCUT2D eigenvalue weighted by Gasteiger charge is 1.99. The Bertz CT molecular complexity index is 139. The molecule has 0 saturated carbocycles. The van der Waals surface area contributed by atoms with Crippen molar-refractivity contribution in [1.82, 2.24) is 5.32 Å². The summed E-state index contributed by atoms with van der Waals surface area (Å²) in [4.78, 5) is 10.8. The lowest BCUT2D eigenvalue weighted by molar-refractivity contribution is -0.148. The molecule has 0 aromatic heterocycles. The SMILES string of the molecule is CCCCNCCOCC(=O)OCC. The largest absolute Gasteiger partial charge is 0.464 e. The van der Waals surface area contributed by atoms with E-state index in [0.717, 1.165) is 13.1 Å². The van der Waals surface area contributed by atoms with Gasteiger partial charge >= 0.3 is 5.97 Å². The van der Waals surface area contributed by atoms with Crippen molar-refractivity contribution in [3.63, 3.8) is 0 Å². The van der Waals surface area contributed by atoms with E-state index in [-0.39, 0.29) is 12.6 Å². The minimum Gasteiger partial charge on any atom is -0.464 e. The van der Waals surface area contributed by atoms with Gasteiger partial charge in [0.1, 0.15) is 6.61 Å². The zero-order valence-corrected chi connectivity index (χ0v) is 9.17. The first kappa shape index (κ1) is 13.4. The van der Waals surface area contributed by atoms with Crippen molar-refractivity contribution in [2.24, 2.45) is 0 Å². The molecule has 0 heterocycles. The third kappa shape index (κ3) is 9.48. The summed E-state index contributed by atoms with van der Waals surface area (Å²) < 4.78 is 9.79. The zero-order chi connectivity index (χ0) is 10.6. The molecule has 0 radical (unpaired) electrons. The first-order valence-corrected chi connectivity index (χ1v) is 5.25. The second-order valence-corrected chi connectivity index (χ2v) is 2.96. The lowest BCUT2D eigenvalue weighted by atomic mass is 10.3. The Hall–Kier alpha value is -0.610. The molecule has 1 N–H and O–H groups in total. The van der Waals surface area contributed by atoms with Crippen molar-refractivity contribution >= 4 is 5.97 Å². The molecule has 0 rings (SSSR count). The maximum atomic E-state index is 10.8. The average Bonchev–Trinajstić information content (AvgIpc) is 2.17. The first-order valence-electron chi connectivity index (χ1n) is 5.25. The molecule has 4 nitrogen and oxygen atoms in total. The third-order valence-electron chi connectivity index (χ3n) is 1.66. The molecule has 0 unspecified atom stereocenters. The number of carbonyl (C=O) groups excluding carboxylic acids is 1. The summed E-state index contributed by atoms with van der Waals surface area (Å²) in [5.41, 5.74) is 0. The van der Waals surface area contributed by atoms with Crippen LogP contribution in [-0.2, 0) is 14.3 Å². The zero-order valence-electron chi connectivity index (χ0n) is 9.17. The molecular weight excluding hydrogens is 182 g/mol. The minimum absolute atomic E-state index is 0.0588. The lowest BCUT2D eigenvalue weighted by Gasteiger charge is -2.05. The minimum atomic E-state index is -0.291. The molecule has 0 aliphatic rings. The van der Waals surface area contributed by atoms with Crippen molar-refractivity contribution < 1.29 is 14.3 Å². The average molecular weight is 203 g/mol. The van der Waals surface area contributed by atoms with E-state index in [1.54, 1.807) is 6.92 Å². The maximum absolute atomic E-state index is 10.8. The summed E-state index contributed by atoms with van der Waals surface area (Å²) in [6.45, 7) is 6.77. The van der Waals surface area contributed by atoms with Crippen molar-refractivity contribution in [1.29, 1.82) is 0 Å². The van der Waals surface area contributed by atoms with Crippen molar-refractivity contribution in [3.8, 4) is 0 Å². The fourth-order valence-electron chi connectivity index (χ4n) is 0.929. The van der Waals surface area contributed by atoms with E-state index in [1.807, 2.05) is 0 Å². The highest BCUT2D eigenvalue weighted by Crippen LogP contribution is 1.83. The number of nitrogens with one attached hydrogen (secondary N) is 1. The van der Waals surface area contributed by atoms with Gasteiger partial charge in [0, 0.05) is 6.54 Å². The number of rotatable bonds is 9. The van der Waals surface area contributed by atoms with E-state index < -0.39 is 0 Å². The van der Waals surface area contributed by atoms with Crippen molar-refractivity contribution in [2.75, 3.05) is 32.9 Å². The van der Waals surface area contributed by atoms with Crippen LogP contribution in [0.4, 0.5) is 0 Å². The molecule has 14 heavy (non-hydrogen) atoms. The van der Waals surface area contributed by atoms with Crippen LogP contribution in [-0.4, -0.2) is 38.9 Å². The molecule has 0 amide bonds. The molecule has 0 aromatic carbocycles. The van der Waals surface area contributed by atoms with Crippen LogP contribution in [0.1, 0.15) is 26.7 Å².